The first-order chi connectivity index (χ1) is 11.6. The van der Waals surface area contributed by atoms with E-state index in [0.29, 0.717) is 23.8 Å². The van der Waals surface area contributed by atoms with Crippen LogP contribution in [-0.4, -0.2) is 16.6 Å². The van der Waals surface area contributed by atoms with Crippen molar-refractivity contribution in [1.29, 1.82) is 0 Å². The number of anilines is 2. The summed E-state index contributed by atoms with van der Waals surface area (Å²) in [6, 6.07) is 15.2. The summed E-state index contributed by atoms with van der Waals surface area (Å²) in [6.07, 6.45) is 0. The van der Waals surface area contributed by atoms with Gasteiger partial charge in [-0.05, 0) is 43.3 Å². The minimum atomic E-state index is -0.350. The molecule has 0 aliphatic carbocycles. The van der Waals surface area contributed by atoms with Gasteiger partial charge in [-0.15, -0.1) is 0 Å². The average Bonchev–Trinajstić information content (AvgIpc) is 2.56. The minimum absolute atomic E-state index is 0.276. The van der Waals surface area contributed by atoms with Crippen LogP contribution in [0, 0.1) is 5.82 Å². The molecule has 1 N–H and O–H groups in total. The summed E-state index contributed by atoms with van der Waals surface area (Å²) in [5.74, 6) is 1.33. The molecular formula is C18H15ClFN3O. The number of halogens is 2. The monoisotopic (exact) mass is 343 g/mol. The third-order valence-corrected chi connectivity index (χ3v) is 3.41. The standard InChI is InChI=1S/C18H15ClFN3O/c1-2-24-15-8-6-14(7-9-15)21-17-11-16(19)22-18(23-17)12-4-3-5-13(20)10-12/h3-11H,2H2,1H3,(H,21,22,23). The molecule has 0 spiro atoms. The number of benzene rings is 2. The molecule has 0 saturated heterocycles. The topological polar surface area (TPSA) is 47.0 Å². The summed E-state index contributed by atoms with van der Waals surface area (Å²) in [6.45, 7) is 2.55. The Balaban J connectivity index is 1.86. The van der Waals surface area contributed by atoms with Gasteiger partial charge in [0.2, 0.25) is 0 Å². The van der Waals surface area contributed by atoms with Gasteiger partial charge in [0.1, 0.15) is 22.5 Å². The summed E-state index contributed by atoms with van der Waals surface area (Å²) in [5, 5.41) is 3.43. The van der Waals surface area contributed by atoms with Crippen LogP contribution in [0.2, 0.25) is 5.15 Å². The van der Waals surface area contributed by atoms with E-state index in [2.05, 4.69) is 15.3 Å². The van der Waals surface area contributed by atoms with Crippen molar-refractivity contribution in [3.63, 3.8) is 0 Å². The molecule has 0 amide bonds. The van der Waals surface area contributed by atoms with Crippen LogP contribution in [0.3, 0.4) is 0 Å². The van der Waals surface area contributed by atoms with Crippen LogP contribution in [0.25, 0.3) is 11.4 Å². The summed E-state index contributed by atoms with van der Waals surface area (Å²) >= 11 is 6.07. The van der Waals surface area contributed by atoms with Crippen molar-refractivity contribution in [2.45, 2.75) is 6.92 Å². The second kappa shape index (κ2) is 7.27. The molecular weight excluding hydrogens is 329 g/mol. The average molecular weight is 344 g/mol. The Morgan fingerprint density at radius 1 is 1.08 bits per heavy atom. The van der Waals surface area contributed by atoms with E-state index in [-0.39, 0.29) is 11.0 Å². The lowest BCUT2D eigenvalue weighted by Gasteiger charge is -2.09. The number of nitrogens with one attached hydrogen (secondary N) is 1. The van der Waals surface area contributed by atoms with Gasteiger partial charge in [0.25, 0.3) is 0 Å². The third-order valence-electron chi connectivity index (χ3n) is 3.22. The van der Waals surface area contributed by atoms with Gasteiger partial charge in [-0.2, -0.15) is 0 Å². The first-order valence-corrected chi connectivity index (χ1v) is 7.82. The maximum absolute atomic E-state index is 13.4. The van der Waals surface area contributed by atoms with Crippen molar-refractivity contribution in [3.8, 4) is 17.1 Å². The molecule has 0 fully saturated rings. The Bertz CT molecular complexity index is 840. The highest BCUT2D eigenvalue weighted by atomic mass is 35.5. The molecule has 1 aromatic heterocycles. The molecule has 3 rings (SSSR count). The summed E-state index contributed by atoms with van der Waals surface area (Å²) in [7, 11) is 0. The van der Waals surface area contributed by atoms with E-state index >= 15 is 0 Å². The van der Waals surface area contributed by atoms with E-state index in [1.165, 1.54) is 12.1 Å². The maximum atomic E-state index is 13.4. The lowest BCUT2D eigenvalue weighted by Crippen LogP contribution is -1.98. The molecule has 0 unspecified atom stereocenters. The summed E-state index contributed by atoms with van der Waals surface area (Å²) in [4.78, 5) is 8.55. The number of aromatic nitrogens is 2. The largest absolute Gasteiger partial charge is 0.494 e. The zero-order valence-corrected chi connectivity index (χ0v) is 13.7. The molecule has 0 radical (unpaired) electrons. The van der Waals surface area contributed by atoms with E-state index in [0.717, 1.165) is 11.4 Å². The predicted molar refractivity (Wildman–Crippen MR) is 93.3 cm³/mol. The highest BCUT2D eigenvalue weighted by Gasteiger charge is 2.07. The minimum Gasteiger partial charge on any atom is -0.494 e. The molecule has 24 heavy (non-hydrogen) atoms. The first kappa shape index (κ1) is 16.2. The molecule has 0 bridgehead atoms. The Morgan fingerprint density at radius 3 is 2.58 bits per heavy atom. The Morgan fingerprint density at radius 2 is 1.88 bits per heavy atom. The molecule has 4 nitrogen and oxygen atoms in total. The fourth-order valence-corrected chi connectivity index (χ4v) is 2.37. The molecule has 0 atom stereocenters. The SMILES string of the molecule is CCOc1ccc(Nc2cc(Cl)nc(-c3cccc(F)c3)n2)cc1. The Kier molecular flexibility index (Phi) is 4.91. The third kappa shape index (κ3) is 4.00. The maximum Gasteiger partial charge on any atom is 0.163 e. The number of ether oxygens (including phenoxy) is 1. The van der Waals surface area contributed by atoms with Gasteiger partial charge < -0.3 is 10.1 Å². The van der Waals surface area contributed by atoms with Gasteiger partial charge in [0.05, 0.1) is 6.61 Å². The molecule has 6 heteroatoms. The molecule has 3 aromatic rings. The van der Waals surface area contributed by atoms with Crippen LogP contribution in [-0.2, 0) is 0 Å². The second-order valence-electron chi connectivity index (χ2n) is 4.99. The van der Waals surface area contributed by atoms with Crippen LogP contribution < -0.4 is 10.1 Å². The zero-order valence-electron chi connectivity index (χ0n) is 13.0. The van der Waals surface area contributed by atoms with Gasteiger partial charge in [0.15, 0.2) is 5.82 Å². The lowest BCUT2D eigenvalue weighted by atomic mass is 10.2. The van der Waals surface area contributed by atoms with Gasteiger partial charge in [-0.25, -0.2) is 14.4 Å². The van der Waals surface area contributed by atoms with Crippen molar-refractivity contribution in [3.05, 3.63) is 65.6 Å². The molecule has 1 heterocycles. The first-order valence-electron chi connectivity index (χ1n) is 7.44. The number of hydrogen-bond acceptors (Lipinski definition) is 4. The van der Waals surface area contributed by atoms with Crippen molar-refractivity contribution < 1.29 is 9.13 Å². The highest BCUT2D eigenvalue weighted by molar-refractivity contribution is 6.29. The van der Waals surface area contributed by atoms with Gasteiger partial charge in [0, 0.05) is 17.3 Å². The summed E-state index contributed by atoms with van der Waals surface area (Å²) in [5.41, 5.74) is 1.39. The van der Waals surface area contributed by atoms with Crippen molar-refractivity contribution in [1.82, 2.24) is 9.97 Å². The van der Waals surface area contributed by atoms with E-state index in [1.807, 2.05) is 31.2 Å². The molecule has 0 aliphatic rings. The fourth-order valence-electron chi connectivity index (χ4n) is 2.19. The zero-order chi connectivity index (χ0) is 16.9. The molecule has 0 aliphatic heterocycles. The fraction of sp³-hybridized carbons (Fsp3) is 0.111. The normalized spacial score (nSPS) is 10.5. The predicted octanol–water partition coefficient (Wildman–Crippen LogP) is 5.08. The van der Waals surface area contributed by atoms with Crippen LogP contribution in [0.1, 0.15) is 6.92 Å². The van der Waals surface area contributed by atoms with Crippen molar-refractivity contribution in [2.24, 2.45) is 0 Å². The van der Waals surface area contributed by atoms with Crippen molar-refractivity contribution >= 4 is 23.1 Å². The Labute approximate surface area is 144 Å². The van der Waals surface area contributed by atoms with Crippen LogP contribution >= 0.6 is 11.6 Å². The van der Waals surface area contributed by atoms with E-state index < -0.39 is 0 Å². The van der Waals surface area contributed by atoms with Gasteiger partial charge in [-0.1, -0.05) is 23.7 Å². The van der Waals surface area contributed by atoms with E-state index in [4.69, 9.17) is 16.3 Å². The van der Waals surface area contributed by atoms with E-state index in [9.17, 15) is 4.39 Å². The highest BCUT2D eigenvalue weighted by Crippen LogP contribution is 2.24. The quantitative estimate of drug-likeness (QED) is 0.656. The lowest BCUT2D eigenvalue weighted by molar-refractivity contribution is 0.340. The smallest absolute Gasteiger partial charge is 0.163 e. The summed E-state index contributed by atoms with van der Waals surface area (Å²) < 4.78 is 18.8. The number of hydrogen-bond donors (Lipinski definition) is 1. The van der Waals surface area contributed by atoms with E-state index in [1.54, 1.807) is 18.2 Å². The van der Waals surface area contributed by atoms with Crippen LogP contribution in [0.15, 0.2) is 54.6 Å². The van der Waals surface area contributed by atoms with Gasteiger partial charge in [-0.3, -0.25) is 0 Å². The molecule has 2 aromatic carbocycles. The van der Waals surface area contributed by atoms with Crippen LogP contribution in [0.5, 0.6) is 5.75 Å². The molecule has 122 valence electrons. The van der Waals surface area contributed by atoms with Crippen LogP contribution in [0.4, 0.5) is 15.9 Å². The Hall–Kier alpha value is -2.66. The number of rotatable bonds is 5. The number of nitrogens with zero attached hydrogens (tertiary/aromatic N) is 2. The second-order valence-corrected chi connectivity index (χ2v) is 5.38. The molecule has 0 saturated carbocycles. The van der Waals surface area contributed by atoms with Gasteiger partial charge >= 0.3 is 0 Å². The van der Waals surface area contributed by atoms with Crippen molar-refractivity contribution in [2.75, 3.05) is 11.9 Å².